The van der Waals surface area contributed by atoms with Crippen molar-refractivity contribution < 1.29 is 18.6 Å². The first-order valence-electron chi connectivity index (χ1n) is 4.11. The summed E-state index contributed by atoms with van der Waals surface area (Å²) in [6.45, 7) is 3.20. The van der Waals surface area contributed by atoms with E-state index in [9.17, 15) is 13.9 Å². The molecule has 2 unspecified atom stereocenters. The van der Waals surface area contributed by atoms with E-state index in [1.54, 1.807) is 0 Å². The predicted octanol–water partition coefficient (Wildman–Crippen LogP) is 1.68. The van der Waals surface area contributed by atoms with Gasteiger partial charge in [-0.2, -0.15) is 0 Å². The van der Waals surface area contributed by atoms with Crippen molar-refractivity contribution in [1.82, 2.24) is 0 Å². The van der Waals surface area contributed by atoms with Crippen molar-refractivity contribution >= 4 is 0 Å². The zero-order chi connectivity index (χ0) is 9.56. The van der Waals surface area contributed by atoms with Gasteiger partial charge in [-0.25, -0.2) is 8.78 Å². The zero-order valence-corrected chi connectivity index (χ0v) is 7.46. The standard InChI is InChI=1S/C8H16F2O2/c1-3-6(2)7(11)4-12-5-8(9)10/h6-8,11H,3-5H2,1-2H3. The molecule has 4 heteroatoms. The molecule has 0 spiro atoms. The summed E-state index contributed by atoms with van der Waals surface area (Å²) in [5, 5.41) is 9.26. The summed E-state index contributed by atoms with van der Waals surface area (Å²) in [5.41, 5.74) is 0. The first-order valence-corrected chi connectivity index (χ1v) is 4.11. The van der Waals surface area contributed by atoms with Crippen LogP contribution in [-0.2, 0) is 4.74 Å². The van der Waals surface area contributed by atoms with Crippen LogP contribution in [0.15, 0.2) is 0 Å². The van der Waals surface area contributed by atoms with E-state index >= 15 is 0 Å². The lowest BCUT2D eigenvalue weighted by Crippen LogP contribution is -2.24. The largest absolute Gasteiger partial charge is 0.390 e. The zero-order valence-electron chi connectivity index (χ0n) is 7.46. The van der Waals surface area contributed by atoms with Gasteiger partial charge in [0.2, 0.25) is 0 Å². The molecule has 2 nitrogen and oxygen atoms in total. The lowest BCUT2D eigenvalue weighted by Gasteiger charge is -2.16. The lowest BCUT2D eigenvalue weighted by molar-refractivity contribution is -0.0341. The molecule has 0 aliphatic carbocycles. The van der Waals surface area contributed by atoms with Gasteiger partial charge < -0.3 is 9.84 Å². The summed E-state index contributed by atoms with van der Waals surface area (Å²) >= 11 is 0. The van der Waals surface area contributed by atoms with Crippen molar-refractivity contribution in [3.63, 3.8) is 0 Å². The van der Waals surface area contributed by atoms with Crippen LogP contribution < -0.4 is 0 Å². The quantitative estimate of drug-likeness (QED) is 0.677. The SMILES string of the molecule is CCC(C)C(O)COCC(F)F. The average Bonchev–Trinajstić information content (AvgIpc) is 2.02. The number of hydrogen-bond acceptors (Lipinski definition) is 2. The van der Waals surface area contributed by atoms with Crippen LogP contribution in [0.2, 0.25) is 0 Å². The molecule has 1 N–H and O–H groups in total. The van der Waals surface area contributed by atoms with Crippen LogP contribution >= 0.6 is 0 Å². The van der Waals surface area contributed by atoms with Gasteiger partial charge in [0.25, 0.3) is 6.43 Å². The smallest absolute Gasteiger partial charge is 0.261 e. The van der Waals surface area contributed by atoms with Gasteiger partial charge in [-0.1, -0.05) is 20.3 Å². The highest BCUT2D eigenvalue weighted by molar-refractivity contribution is 4.61. The molecule has 0 rings (SSSR count). The third kappa shape index (κ3) is 5.43. The van der Waals surface area contributed by atoms with Crippen LogP contribution in [0.5, 0.6) is 0 Å². The molecule has 0 saturated carbocycles. The van der Waals surface area contributed by atoms with Crippen LogP contribution in [0.25, 0.3) is 0 Å². The van der Waals surface area contributed by atoms with E-state index in [0.29, 0.717) is 0 Å². The van der Waals surface area contributed by atoms with Crippen molar-refractivity contribution in [1.29, 1.82) is 0 Å². The van der Waals surface area contributed by atoms with Gasteiger partial charge in [-0.15, -0.1) is 0 Å². The monoisotopic (exact) mass is 182 g/mol. The third-order valence-electron chi connectivity index (χ3n) is 1.83. The van der Waals surface area contributed by atoms with Gasteiger partial charge >= 0.3 is 0 Å². The van der Waals surface area contributed by atoms with E-state index in [2.05, 4.69) is 4.74 Å². The Hall–Kier alpha value is -0.220. The minimum atomic E-state index is -2.45. The van der Waals surface area contributed by atoms with E-state index in [4.69, 9.17) is 0 Å². The van der Waals surface area contributed by atoms with Crippen LogP contribution in [0, 0.1) is 5.92 Å². The molecule has 0 aromatic rings. The average molecular weight is 182 g/mol. The fourth-order valence-corrected chi connectivity index (χ4v) is 0.714. The fourth-order valence-electron chi connectivity index (χ4n) is 0.714. The molecule has 0 aromatic heterocycles. The second-order valence-corrected chi connectivity index (χ2v) is 2.88. The first kappa shape index (κ1) is 11.8. The molecular weight excluding hydrogens is 166 g/mol. The predicted molar refractivity (Wildman–Crippen MR) is 42.3 cm³/mol. The van der Waals surface area contributed by atoms with Crippen molar-refractivity contribution in [2.24, 2.45) is 5.92 Å². The Kier molecular flexibility index (Phi) is 6.20. The molecule has 0 bridgehead atoms. The highest BCUT2D eigenvalue weighted by Gasteiger charge is 2.13. The summed E-state index contributed by atoms with van der Waals surface area (Å²) < 4.78 is 27.7. The van der Waals surface area contributed by atoms with Crippen molar-refractivity contribution in [2.75, 3.05) is 13.2 Å². The number of aliphatic hydroxyl groups is 1. The highest BCUT2D eigenvalue weighted by atomic mass is 19.3. The Morgan fingerprint density at radius 2 is 1.92 bits per heavy atom. The maximum atomic E-state index is 11.6. The van der Waals surface area contributed by atoms with Gasteiger partial charge in [-0.3, -0.25) is 0 Å². The molecule has 0 heterocycles. The molecule has 0 radical (unpaired) electrons. The molecule has 12 heavy (non-hydrogen) atoms. The Morgan fingerprint density at radius 3 is 2.33 bits per heavy atom. The van der Waals surface area contributed by atoms with Gasteiger partial charge in [0.15, 0.2) is 0 Å². The number of rotatable bonds is 6. The van der Waals surface area contributed by atoms with Gasteiger partial charge in [0.05, 0.1) is 12.7 Å². The van der Waals surface area contributed by atoms with Crippen LogP contribution in [-0.4, -0.2) is 30.8 Å². The third-order valence-corrected chi connectivity index (χ3v) is 1.83. The number of aliphatic hydroxyl groups excluding tert-OH is 1. The second kappa shape index (κ2) is 6.31. The van der Waals surface area contributed by atoms with Crippen molar-refractivity contribution in [3.8, 4) is 0 Å². The number of hydrogen-bond donors (Lipinski definition) is 1. The molecule has 0 aliphatic rings. The highest BCUT2D eigenvalue weighted by Crippen LogP contribution is 2.07. The maximum absolute atomic E-state index is 11.6. The first-order chi connectivity index (χ1) is 5.57. The van der Waals surface area contributed by atoms with E-state index in [1.807, 2.05) is 13.8 Å². The minimum Gasteiger partial charge on any atom is -0.390 e. The summed E-state index contributed by atoms with van der Waals surface area (Å²) in [5.74, 6) is 0.0997. The van der Waals surface area contributed by atoms with E-state index in [-0.39, 0.29) is 12.5 Å². The molecule has 0 fully saturated rings. The van der Waals surface area contributed by atoms with E-state index < -0.39 is 19.1 Å². The second-order valence-electron chi connectivity index (χ2n) is 2.88. The molecule has 74 valence electrons. The Balaban J connectivity index is 3.37. The van der Waals surface area contributed by atoms with Gasteiger partial charge in [0, 0.05) is 0 Å². The minimum absolute atomic E-state index is 0.000648. The molecule has 0 saturated heterocycles. The topological polar surface area (TPSA) is 29.5 Å². The molecular formula is C8H16F2O2. The summed E-state index contributed by atoms with van der Waals surface area (Å²) in [6, 6.07) is 0. The van der Waals surface area contributed by atoms with E-state index in [1.165, 1.54) is 0 Å². The van der Waals surface area contributed by atoms with Gasteiger partial charge in [0.1, 0.15) is 6.61 Å². The fraction of sp³-hybridized carbons (Fsp3) is 1.00. The number of alkyl halides is 2. The number of halogens is 2. The molecule has 0 aliphatic heterocycles. The van der Waals surface area contributed by atoms with Crippen LogP contribution in [0.1, 0.15) is 20.3 Å². The normalized spacial score (nSPS) is 16.5. The van der Waals surface area contributed by atoms with Crippen molar-refractivity contribution in [2.45, 2.75) is 32.8 Å². The number of ether oxygens (including phenoxy) is 1. The summed E-state index contributed by atoms with van der Waals surface area (Å²) in [4.78, 5) is 0. The van der Waals surface area contributed by atoms with Gasteiger partial charge in [-0.05, 0) is 5.92 Å². The Bertz CT molecular complexity index is 109. The molecule has 2 atom stereocenters. The molecule has 0 amide bonds. The lowest BCUT2D eigenvalue weighted by atomic mass is 10.0. The summed E-state index contributed by atoms with van der Waals surface area (Å²) in [6.07, 6.45) is -2.26. The van der Waals surface area contributed by atoms with Crippen molar-refractivity contribution in [3.05, 3.63) is 0 Å². The Morgan fingerprint density at radius 1 is 1.33 bits per heavy atom. The molecule has 0 aromatic carbocycles. The van der Waals surface area contributed by atoms with Crippen LogP contribution in [0.4, 0.5) is 8.78 Å². The maximum Gasteiger partial charge on any atom is 0.261 e. The Labute approximate surface area is 71.5 Å². The van der Waals surface area contributed by atoms with Crippen LogP contribution in [0.3, 0.4) is 0 Å². The van der Waals surface area contributed by atoms with E-state index in [0.717, 1.165) is 6.42 Å². The summed E-state index contributed by atoms with van der Waals surface area (Å²) in [7, 11) is 0.